The Kier molecular flexibility index (Phi) is 12.0. The highest BCUT2D eigenvalue weighted by molar-refractivity contribution is 5.95. The first-order valence-corrected chi connectivity index (χ1v) is 13.7. The summed E-state index contributed by atoms with van der Waals surface area (Å²) >= 11 is 0. The number of carbonyl (C=O) groups excluding carboxylic acids is 4. The van der Waals surface area contributed by atoms with E-state index >= 15 is 0 Å². The number of rotatable bonds is 17. The number of para-hydroxylation sites is 1. The zero-order valence-corrected chi connectivity index (χ0v) is 23.8. The summed E-state index contributed by atoms with van der Waals surface area (Å²) in [5, 5.41) is 38.6. The number of fused-ring (bicyclic) bond motifs is 1. The van der Waals surface area contributed by atoms with Gasteiger partial charge in [-0.25, -0.2) is 4.98 Å². The van der Waals surface area contributed by atoms with Crippen molar-refractivity contribution in [1.29, 1.82) is 0 Å². The Balaban J connectivity index is 1.81. The lowest BCUT2D eigenvalue weighted by atomic mass is 10.0. The molecule has 9 N–H and O–H groups in total. The summed E-state index contributed by atoms with van der Waals surface area (Å²) in [7, 11) is 0. The van der Waals surface area contributed by atoms with Crippen LogP contribution in [0.25, 0.3) is 10.9 Å². The minimum atomic E-state index is -1.43. The van der Waals surface area contributed by atoms with Crippen molar-refractivity contribution in [2.45, 2.75) is 63.2 Å². The van der Waals surface area contributed by atoms with Gasteiger partial charge in [-0.2, -0.15) is 0 Å². The number of aliphatic carboxylic acids is 2. The molecule has 16 nitrogen and oxygen atoms in total. The van der Waals surface area contributed by atoms with Crippen LogP contribution in [0.5, 0.6) is 0 Å². The second-order valence-corrected chi connectivity index (χ2v) is 10.1. The summed E-state index contributed by atoms with van der Waals surface area (Å²) in [4.78, 5) is 84.1. The fourth-order valence-corrected chi connectivity index (χ4v) is 4.56. The van der Waals surface area contributed by atoms with Crippen LogP contribution in [0.2, 0.25) is 0 Å². The number of benzene rings is 1. The number of aromatic amines is 2. The number of aromatic nitrogens is 3. The standard InChI is InChI=1S/C28H35N7O9/c1-15(37)32-22(8-16-11-30-20-5-3-2-4-19(16)20)28(44)34-21(6-7-24(38)39)26(42)35-23(9-17-12-29-14-31-17)27(43)33-18(13-36)10-25(40)41/h2-5,11-12,14,18,21-23,30,36H,6-10,13H2,1H3,(H,29,31)(H,32,37)(H,33,43)(H,34,44)(H,35,42)(H,38,39)(H,40,41)/t18-,21-,22-,23-/m0/s1. The monoisotopic (exact) mass is 613 g/mol. The van der Waals surface area contributed by atoms with Crippen LogP contribution in [0, 0.1) is 0 Å². The molecule has 2 heterocycles. The number of carboxylic acid groups (broad SMARTS) is 2. The first-order chi connectivity index (χ1) is 21.0. The number of aliphatic hydroxyl groups is 1. The van der Waals surface area contributed by atoms with Crippen molar-refractivity contribution in [2.24, 2.45) is 0 Å². The van der Waals surface area contributed by atoms with Crippen LogP contribution in [0.4, 0.5) is 0 Å². The summed E-state index contributed by atoms with van der Waals surface area (Å²) in [6.07, 6.45) is 2.95. The van der Waals surface area contributed by atoms with E-state index < -0.39 is 79.2 Å². The van der Waals surface area contributed by atoms with Crippen molar-refractivity contribution in [3.63, 3.8) is 0 Å². The molecule has 0 bridgehead atoms. The first kappa shape index (κ1) is 33.3. The van der Waals surface area contributed by atoms with Gasteiger partial charge in [0, 0.05) is 55.2 Å². The summed E-state index contributed by atoms with van der Waals surface area (Å²) in [5.74, 6) is -5.49. The van der Waals surface area contributed by atoms with Crippen LogP contribution in [0.1, 0.15) is 37.4 Å². The second-order valence-electron chi connectivity index (χ2n) is 10.1. The van der Waals surface area contributed by atoms with E-state index in [-0.39, 0.29) is 19.3 Å². The molecule has 44 heavy (non-hydrogen) atoms. The molecule has 236 valence electrons. The smallest absolute Gasteiger partial charge is 0.305 e. The molecular weight excluding hydrogens is 578 g/mol. The lowest BCUT2D eigenvalue weighted by molar-refractivity contribution is -0.140. The molecule has 2 aromatic heterocycles. The molecule has 0 aliphatic heterocycles. The Bertz CT molecular complexity index is 1470. The average Bonchev–Trinajstić information content (AvgIpc) is 3.63. The second kappa shape index (κ2) is 15.8. The maximum atomic E-state index is 13.4. The van der Waals surface area contributed by atoms with Gasteiger partial charge in [-0.1, -0.05) is 18.2 Å². The molecule has 0 spiro atoms. The Labute approximate surface area is 251 Å². The highest BCUT2D eigenvalue weighted by Gasteiger charge is 2.31. The lowest BCUT2D eigenvalue weighted by Crippen LogP contribution is -2.58. The van der Waals surface area contributed by atoms with Crippen molar-refractivity contribution in [2.75, 3.05) is 6.61 Å². The summed E-state index contributed by atoms with van der Waals surface area (Å²) < 4.78 is 0. The molecule has 0 aliphatic carbocycles. The SMILES string of the molecule is CC(=O)N[C@@H](Cc1c[nH]c2ccccc12)C(=O)N[C@@H](CCC(=O)O)C(=O)N[C@@H](Cc1cnc[nH]1)C(=O)N[C@H](CO)CC(=O)O. The van der Waals surface area contributed by atoms with E-state index in [2.05, 4.69) is 36.2 Å². The Morgan fingerprint density at radius 3 is 2.14 bits per heavy atom. The molecule has 1 aromatic carbocycles. The highest BCUT2D eigenvalue weighted by Crippen LogP contribution is 2.19. The normalized spacial score (nSPS) is 13.7. The minimum absolute atomic E-state index is 0.0552. The molecule has 4 atom stereocenters. The molecule has 0 fully saturated rings. The number of aliphatic hydroxyl groups excluding tert-OH is 1. The fraction of sp³-hybridized carbons (Fsp3) is 0.393. The van der Waals surface area contributed by atoms with E-state index in [1.54, 1.807) is 6.20 Å². The highest BCUT2D eigenvalue weighted by atomic mass is 16.4. The number of imidazole rings is 1. The Hall–Kier alpha value is -5.25. The van der Waals surface area contributed by atoms with Crippen molar-refractivity contribution in [1.82, 2.24) is 36.2 Å². The van der Waals surface area contributed by atoms with Gasteiger partial charge in [0.15, 0.2) is 0 Å². The van der Waals surface area contributed by atoms with E-state index in [0.29, 0.717) is 5.69 Å². The Morgan fingerprint density at radius 2 is 1.50 bits per heavy atom. The molecule has 0 radical (unpaired) electrons. The van der Waals surface area contributed by atoms with Gasteiger partial charge < -0.3 is 46.6 Å². The molecule has 16 heteroatoms. The van der Waals surface area contributed by atoms with Crippen molar-refractivity contribution >= 4 is 46.5 Å². The number of nitrogens with zero attached hydrogens (tertiary/aromatic N) is 1. The predicted octanol–water partition coefficient (Wildman–Crippen LogP) is -1.03. The summed E-state index contributed by atoms with van der Waals surface area (Å²) in [6.45, 7) is 0.549. The maximum absolute atomic E-state index is 13.4. The number of H-pyrrole nitrogens is 2. The van der Waals surface area contributed by atoms with Crippen LogP contribution in [-0.4, -0.2) is 96.6 Å². The number of amides is 4. The van der Waals surface area contributed by atoms with Gasteiger partial charge in [-0.3, -0.25) is 28.8 Å². The topological polar surface area (TPSA) is 256 Å². The number of hydrogen-bond donors (Lipinski definition) is 9. The fourth-order valence-electron chi connectivity index (χ4n) is 4.56. The number of hydrogen-bond acceptors (Lipinski definition) is 8. The van der Waals surface area contributed by atoms with Gasteiger partial charge in [0.05, 0.1) is 25.4 Å². The van der Waals surface area contributed by atoms with Crippen molar-refractivity contribution in [3.05, 3.63) is 54.2 Å². The predicted molar refractivity (Wildman–Crippen MR) is 154 cm³/mol. The van der Waals surface area contributed by atoms with Gasteiger partial charge in [-0.05, 0) is 18.1 Å². The van der Waals surface area contributed by atoms with Crippen LogP contribution in [-0.2, 0) is 41.6 Å². The van der Waals surface area contributed by atoms with Gasteiger partial charge in [-0.15, -0.1) is 0 Å². The lowest BCUT2D eigenvalue weighted by Gasteiger charge is -2.26. The number of carbonyl (C=O) groups is 6. The molecular formula is C28H35N7O9. The van der Waals surface area contributed by atoms with Gasteiger partial charge in [0.2, 0.25) is 23.6 Å². The minimum Gasteiger partial charge on any atom is -0.481 e. The third kappa shape index (κ3) is 9.94. The van der Waals surface area contributed by atoms with Crippen LogP contribution < -0.4 is 21.3 Å². The first-order valence-electron chi connectivity index (χ1n) is 13.7. The van der Waals surface area contributed by atoms with E-state index in [1.807, 2.05) is 24.3 Å². The molecule has 0 unspecified atom stereocenters. The van der Waals surface area contributed by atoms with E-state index in [9.17, 15) is 39.0 Å². The van der Waals surface area contributed by atoms with E-state index in [1.165, 1.54) is 19.4 Å². The third-order valence-electron chi connectivity index (χ3n) is 6.67. The van der Waals surface area contributed by atoms with Crippen LogP contribution in [0.3, 0.4) is 0 Å². The van der Waals surface area contributed by atoms with E-state index in [0.717, 1.165) is 16.5 Å². The molecule has 0 saturated heterocycles. The quantitative estimate of drug-likeness (QED) is 0.0894. The van der Waals surface area contributed by atoms with Gasteiger partial charge in [0.1, 0.15) is 18.1 Å². The molecule has 0 aliphatic rings. The van der Waals surface area contributed by atoms with Crippen LogP contribution >= 0.6 is 0 Å². The molecule has 4 amide bonds. The van der Waals surface area contributed by atoms with E-state index in [4.69, 9.17) is 5.11 Å². The zero-order valence-electron chi connectivity index (χ0n) is 23.8. The number of nitrogens with one attached hydrogen (secondary N) is 6. The van der Waals surface area contributed by atoms with Gasteiger partial charge >= 0.3 is 11.9 Å². The van der Waals surface area contributed by atoms with Crippen LogP contribution in [0.15, 0.2) is 43.0 Å². The third-order valence-corrected chi connectivity index (χ3v) is 6.67. The molecule has 3 aromatic rings. The maximum Gasteiger partial charge on any atom is 0.305 e. The zero-order chi connectivity index (χ0) is 32.2. The largest absolute Gasteiger partial charge is 0.481 e. The summed E-state index contributed by atoms with van der Waals surface area (Å²) in [6, 6.07) is 2.31. The average molecular weight is 614 g/mol. The Morgan fingerprint density at radius 1 is 0.841 bits per heavy atom. The summed E-state index contributed by atoms with van der Waals surface area (Å²) in [5.41, 5.74) is 1.97. The van der Waals surface area contributed by atoms with Crippen molar-refractivity contribution < 1.29 is 44.1 Å². The van der Waals surface area contributed by atoms with Gasteiger partial charge in [0.25, 0.3) is 0 Å². The molecule has 0 saturated carbocycles. The van der Waals surface area contributed by atoms with Crippen molar-refractivity contribution in [3.8, 4) is 0 Å². The molecule has 3 rings (SSSR count). The number of carboxylic acids is 2.